The Morgan fingerprint density at radius 3 is 2.14 bits per heavy atom. The molecule has 0 radical (unpaired) electrons. The first kappa shape index (κ1) is 10.8. The third-order valence-electron chi connectivity index (χ3n) is 2.96. The molecule has 0 bridgehead atoms. The predicted molar refractivity (Wildman–Crippen MR) is 55.1 cm³/mol. The van der Waals surface area contributed by atoms with Crippen molar-refractivity contribution in [2.45, 2.75) is 33.2 Å². The molecular formula is C11H17NO2. The summed E-state index contributed by atoms with van der Waals surface area (Å²) in [7, 11) is 0. The minimum Gasteiger partial charge on any atom is -0.481 e. The second-order valence-corrected chi connectivity index (χ2v) is 3.65. The molecule has 0 spiro atoms. The number of carboxylic acids is 1. The predicted octanol–water partition coefficient (Wildman–Crippen LogP) is 2.38. The van der Waals surface area contributed by atoms with E-state index in [0.717, 1.165) is 0 Å². The van der Waals surface area contributed by atoms with Crippen LogP contribution in [0.15, 0.2) is 24.5 Å². The molecule has 0 saturated carbocycles. The Morgan fingerprint density at radius 2 is 1.79 bits per heavy atom. The van der Waals surface area contributed by atoms with E-state index in [1.165, 1.54) is 0 Å². The van der Waals surface area contributed by atoms with Crippen molar-refractivity contribution in [1.82, 2.24) is 4.57 Å². The van der Waals surface area contributed by atoms with Gasteiger partial charge in [0.15, 0.2) is 0 Å². The number of carboxylic acid groups (broad SMARTS) is 1. The third-order valence-corrected chi connectivity index (χ3v) is 2.96. The highest BCUT2D eigenvalue weighted by Crippen LogP contribution is 2.28. The summed E-state index contributed by atoms with van der Waals surface area (Å²) in [5.74, 6) is -0.698. The van der Waals surface area contributed by atoms with Crippen molar-refractivity contribution >= 4 is 5.97 Å². The first-order valence-corrected chi connectivity index (χ1v) is 4.99. The van der Waals surface area contributed by atoms with Crippen molar-refractivity contribution in [3.05, 3.63) is 24.5 Å². The average Bonchev–Trinajstić information content (AvgIpc) is 2.66. The second-order valence-electron chi connectivity index (χ2n) is 3.65. The number of carbonyl (C=O) groups is 1. The lowest BCUT2D eigenvalue weighted by molar-refractivity contribution is -0.150. The van der Waals surface area contributed by atoms with Gasteiger partial charge in [0.1, 0.15) is 0 Å². The Bertz CT molecular complexity index is 286. The molecule has 1 aromatic rings. The van der Waals surface area contributed by atoms with Crippen molar-refractivity contribution in [2.75, 3.05) is 0 Å². The number of hydrogen-bond acceptors (Lipinski definition) is 1. The van der Waals surface area contributed by atoms with Crippen LogP contribution in [0, 0.1) is 5.41 Å². The molecule has 1 heterocycles. The Hall–Kier alpha value is -1.25. The van der Waals surface area contributed by atoms with Crippen molar-refractivity contribution in [2.24, 2.45) is 5.41 Å². The van der Waals surface area contributed by atoms with E-state index >= 15 is 0 Å². The lowest BCUT2D eigenvalue weighted by Gasteiger charge is -2.27. The lowest BCUT2D eigenvalue weighted by Crippen LogP contribution is -2.34. The topological polar surface area (TPSA) is 42.2 Å². The van der Waals surface area contributed by atoms with Gasteiger partial charge < -0.3 is 9.67 Å². The van der Waals surface area contributed by atoms with Crippen molar-refractivity contribution in [3.8, 4) is 0 Å². The molecule has 0 amide bonds. The summed E-state index contributed by atoms with van der Waals surface area (Å²) in [5.41, 5.74) is -0.612. The summed E-state index contributed by atoms with van der Waals surface area (Å²) in [5, 5.41) is 9.21. The van der Waals surface area contributed by atoms with Crippen LogP contribution in [0.1, 0.15) is 26.7 Å². The van der Waals surface area contributed by atoms with Gasteiger partial charge in [-0.3, -0.25) is 4.79 Å². The van der Waals surface area contributed by atoms with Gasteiger partial charge in [-0.05, 0) is 25.0 Å². The normalized spacial score (nSPS) is 11.6. The van der Waals surface area contributed by atoms with Crippen LogP contribution in [0.25, 0.3) is 0 Å². The maximum atomic E-state index is 11.2. The van der Waals surface area contributed by atoms with Gasteiger partial charge in [-0.15, -0.1) is 0 Å². The number of nitrogens with zero attached hydrogens (tertiary/aromatic N) is 1. The van der Waals surface area contributed by atoms with Gasteiger partial charge >= 0.3 is 5.97 Å². The molecule has 0 fully saturated rings. The quantitative estimate of drug-likeness (QED) is 0.783. The van der Waals surface area contributed by atoms with E-state index in [1.807, 2.05) is 42.9 Å². The van der Waals surface area contributed by atoms with E-state index in [-0.39, 0.29) is 0 Å². The number of aromatic nitrogens is 1. The van der Waals surface area contributed by atoms with Crippen molar-refractivity contribution in [3.63, 3.8) is 0 Å². The molecule has 14 heavy (non-hydrogen) atoms. The largest absolute Gasteiger partial charge is 0.481 e. The highest BCUT2D eigenvalue weighted by molar-refractivity contribution is 5.74. The summed E-state index contributed by atoms with van der Waals surface area (Å²) in [6.07, 6.45) is 5.14. The molecule has 0 aliphatic carbocycles. The molecule has 0 unspecified atom stereocenters. The fourth-order valence-corrected chi connectivity index (χ4v) is 1.67. The number of rotatable bonds is 5. The van der Waals surface area contributed by atoms with E-state index in [0.29, 0.717) is 19.4 Å². The van der Waals surface area contributed by atoms with E-state index in [1.54, 1.807) is 0 Å². The first-order valence-electron chi connectivity index (χ1n) is 4.99. The molecule has 3 nitrogen and oxygen atoms in total. The van der Waals surface area contributed by atoms with Crippen LogP contribution < -0.4 is 0 Å². The number of aliphatic carboxylic acids is 1. The van der Waals surface area contributed by atoms with E-state index in [4.69, 9.17) is 0 Å². The van der Waals surface area contributed by atoms with Gasteiger partial charge in [-0.1, -0.05) is 13.8 Å². The lowest BCUT2D eigenvalue weighted by atomic mass is 9.82. The van der Waals surface area contributed by atoms with Crippen LogP contribution in [0.3, 0.4) is 0 Å². The highest BCUT2D eigenvalue weighted by atomic mass is 16.4. The molecule has 0 aliphatic heterocycles. The second kappa shape index (κ2) is 4.31. The van der Waals surface area contributed by atoms with Gasteiger partial charge in [-0.2, -0.15) is 0 Å². The maximum absolute atomic E-state index is 11.2. The fourth-order valence-electron chi connectivity index (χ4n) is 1.67. The molecule has 3 heteroatoms. The average molecular weight is 195 g/mol. The molecule has 1 aromatic heterocycles. The number of hydrogen-bond donors (Lipinski definition) is 1. The highest BCUT2D eigenvalue weighted by Gasteiger charge is 2.34. The van der Waals surface area contributed by atoms with Crippen LogP contribution in [0.2, 0.25) is 0 Å². The molecular weight excluding hydrogens is 178 g/mol. The summed E-state index contributed by atoms with van der Waals surface area (Å²) >= 11 is 0. The zero-order valence-electron chi connectivity index (χ0n) is 8.73. The summed E-state index contributed by atoms with van der Waals surface area (Å²) in [6, 6.07) is 3.83. The standard InChI is InChI=1S/C11H17NO2/c1-3-11(4-2,10(13)14)9-12-7-5-6-8-12/h5-8H,3-4,9H2,1-2H3,(H,13,14). The van der Waals surface area contributed by atoms with Gasteiger partial charge in [0, 0.05) is 18.9 Å². The molecule has 0 saturated heterocycles. The molecule has 0 aliphatic rings. The van der Waals surface area contributed by atoms with Gasteiger partial charge in [0.25, 0.3) is 0 Å². The van der Waals surface area contributed by atoms with E-state index in [9.17, 15) is 9.90 Å². The minimum atomic E-state index is -0.698. The zero-order valence-corrected chi connectivity index (χ0v) is 8.73. The third kappa shape index (κ3) is 1.97. The molecule has 1 N–H and O–H groups in total. The van der Waals surface area contributed by atoms with Crippen LogP contribution in [0.5, 0.6) is 0 Å². The fraction of sp³-hybridized carbons (Fsp3) is 0.545. The molecule has 0 aromatic carbocycles. The Morgan fingerprint density at radius 1 is 1.29 bits per heavy atom. The minimum absolute atomic E-state index is 0.558. The van der Waals surface area contributed by atoms with E-state index in [2.05, 4.69) is 0 Å². The molecule has 78 valence electrons. The van der Waals surface area contributed by atoms with Gasteiger partial charge in [0.2, 0.25) is 0 Å². The van der Waals surface area contributed by atoms with Gasteiger partial charge in [0.05, 0.1) is 5.41 Å². The van der Waals surface area contributed by atoms with Crippen LogP contribution in [0.4, 0.5) is 0 Å². The Balaban J connectivity index is 2.83. The van der Waals surface area contributed by atoms with Crippen LogP contribution >= 0.6 is 0 Å². The van der Waals surface area contributed by atoms with Crippen molar-refractivity contribution < 1.29 is 9.90 Å². The van der Waals surface area contributed by atoms with Crippen LogP contribution in [-0.4, -0.2) is 15.6 Å². The summed E-state index contributed by atoms with van der Waals surface area (Å²) < 4.78 is 1.93. The summed E-state index contributed by atoms with van der Waals surface area (Å²) in [4.78, 5) is 11.2. The van der Waals surface area contributed by atoms with E-state index < -0.39 is 11.4 Å². The smallest absolute Gasteiger partial charge is 0.311 e. The monoisotopic (exact) mass is 195 g/mol. The summed E-state index contributed by atoms with van der Waals surface area (Å²) in [6.45, 7) is 4.42. The molecule has 1 rings (SSSR count). The van der Waals surface area contributed by atoms with Gasteiger partial charge in [-0.25, -0.2) is 0 Å². The SMILES string of the molecule is CCC(CC)(Cn1cccc1)C(=O)O. The molecule has 0 atom stereocenters. The van der Waals surface area contributed by atoms with Crippen molar-refractivity contribution in [1.29, 1.82) is 0 Å². The Kier molecular flexibility index (Phi) is 3.33. The zero-order chi connectivity index (χ0) is 10.6. The van der Waals surface area contributed by atoms with Crippen LogP contribution in [-0.2, 0) is 11.3 Å². The Labute approximate surface area is 84.4 Å². The maximum Gasteiger partial charge on any atom is 0.311 e. The first-order chi connectivity index (χ1) is 6.64.